The highest BCUT2D eigenvalue weighted by atomic mass is 19.1. The molecular formula is C15H23F2N3. The van der Waals surface area contributed by atoms with E-state index in [0.29, 0.717) is 6.54 Å². The molecule has 0 atom stereocenters. The maximum absolute atomic E-state index is 14.2. The number of nitrogens with zero attached hydrogens (tertiary/aromatic N) is 1. The first kappa shape index (κ1) is 16.4. The predicted octanol–water partition coefficient (Wildman–Crippen LogP) is 3.65. The Morgan fingerprint density at radius 2 is 1.80 bits per heavy atom. The maximum atomic E-state index is 14.2. The molecule has 0 amide bonds. The van der Waals surface area contributed by atoms with E-state index in [1.54, 1.807) is 4.90 Å². The first-order valence-corrected chi connectivity index (χ1v) is 6.98. The normalized spacial score (nSPS) is 10.9. The van der Waals surface area contributed by atoms with Gasteiger partial charge in [0.05, 0.1) is 0 Å². The van der Waals surface area contributed by atoms with Gasteiger partial charge in [0.25, 0.3) is 0 Å². The van der Waals surface area contributed by atoms with E-state index in [0.717, 1.165) is 31.4 Å². The minimum Gasteiger partial charge on any atom is -0.384 e. The number of hydrogen-bond acceptors (Lipinski definition) is 2. The molecule has 3 N–H and O–H groups in total. The van der Waals surface area contributed by atoms with Crippen molar-refractivity contribution in [2.75, 3.05) is 11.4 Å². The fourth-order valence-electron chi connectivity index (χ4n) is 2.16. The second-order valence-electron chi connectivity index (χ2n) is 5.20. The fourth-order valence-corrected chi connectivity index (χ4v) is 2.16. The summed E-state index contributed by atoms with van der Waals surface area (Å²) in [5.41, 5.74) is 5.32. The third-order valence-corrected chi connectivity index (χ3v) is 3.24. The zero-order valence-corrected chi connectivity index (χ0v) is 12.3. The summed E-state index contributed by atoms with van der Waals surface area (Å²) in [4.78, 5) is 1.73. The molecule has 112 valence electrons. The van der Waals surface area contributed by atoms with Crippen molar-refractivity contribution in [2.45, 2.75) is 46.1 Å². The van der Waals surface area contributed by atoms with Gasteiger partial charge in [-0.15, -0.1) is 0 Å². The molecule has 0 aliphatic carbocycles. The minimum atomic E-state index is -0.666. The zero-order valence-electron chi connectivity index (χ0n) is 12.3. The second kappa shape index (κ2) is 7.22. The van der Waals surface area contributed by atoms with Crippen molar-refractivity contribution < 1.29 is 8.78 Å². The van der Waals surface area contributed by atoms with Gasteiger partial charge in [-0.3, -0.25) is 5.41 Å². The molecule has 0 saturated carbocycles. The van der Waals surface area contributed by atoms with Crippen LogP contribution in [0.25, 0.3) is 0 Å². The molecule has 20 heavy (non-hydrogen) atoms. The number of nitrogens with one attached hydrogen (secondary N) is 1. The van der Waals surface area contributed by atoms with Gasteiger partial charge in [-0.25, -0.2) is 8.78 Å². The van der Waals surface area contributed by atoms with Crippen LogP contribution in [0.1, 0.15) is 45.6 Å². The van der Waals surface area contributed by atoms with Crippen LogP contribution in [0.15, 0.2) is 12.1 Å². The van der Waals surface area contributed by atoms with E-state index in [1.807, 2.05) is 13.8 Å². The van der Waals surface area contributed by atoms with Crippen molar-refractivity contribution in [3.63, 3.8) is 0 Å². The summed E-state index contributed by atoms with van der Waals surface area (Å²) in [6, 6.07) is 2.24. The molecule has 3 nitrogen and oxygen atoms in total. The average molecular weight is 283 g/mol. The van der Waals surface area contributed by atoms with E-state index in [9.17, 15) is 8.78 Å². The summed E-state index contributed by atoms with van der Waals surface area (Å²) in [5, 5.41) is 7.26. The summed E-state index contributed by atoms with van der Waals surface area (Å²) in [6.45, 7) is 6.51. The smallest absolute Gasteiger partial charge is 0.150 e. The summed E-state index contributed by atoms with van der Waals surface area (Å²) >= 11 is 0. The molecule has 0 fully saturated rings. The molecule has 0 bridgehead atoms. The minimum absolute atomic E-state index is 0.000894. The molecular weight excluding hydrogens is 260 g/mol. The Morgan fingerprint density at radius 1 is 1.25 bits per heavy atom. The second-order valence-corrected chi connectivity index (χ2v) is 5.20. The summed E-state index contributed by atoms with van der Waals surface area (Å²) < 4.78 is 28.3. The third-order valence-electron chi connectivity index (χ3n) is 3.24. The van der Waals surface area contributed by atoms with Crippen LogP contribution in [0.2, 0.25) is 0 Å². The van der Waals surface area contributed by atoms with Crippen LogP contribution in [0.4, 0.5) is 14.5 Å². The van der Waals surface area contributed by atoms with Gasteiger partial charge in [0.15, 0.2) is 0 Å². The Kier molecular flexibility index (Phi) is 5.92. The Hall–Kier alpha value is -1.65. The summed E-state index contributed by atoms with van der Waals surface area (Å²) in [5.74, 6) is -1.67. The number of benzene rings is 1. The molecule has 1 rings (SSSR count). The van der Waals surface area contributed by atoms with Crippen molar-refractivity contribution >= 4 is 11.5 Å². The van der Waals surface area contributed by atoms with Gasteiger partial charge in [-0.1, -0.05) is 19.8 Å². The Morgan fingerprint density at radius 3 is 2.20 bits per heavy atom. The molecule has 1 aromatic carbocycles. The highest BCUT2D eigenvalue weighted by molar-refractivity contribution is 5.95. The van der Waals surface area contributed by atoms with Crippen LogP contribution in [-0.4, -0.2) is 18.4 Å². The zero-order chi connectivity index (χ0) is 15.3. The number of hydrogen-bond donors (Lipinski definition) is 2. The van der Waals surface area contributed by atoms with Crippen molar-refractivity contribution in [3.05, 3.63) is 29.3 Å². The van der Waals surface area contributed by atoms with Gasteiger partial charge in [-0.05, 0) is 32.4 Å². The molecule has 0 spiro atoms. The van der Waals surface area contributed by atoms with Gasteiger partial charge >= 0.3 is 0 Å². The lowest BCUT2D eigenvalue weighted by Gasteiger charge is -2.30. The standard InChI is InChI=1S/C15H23F2N3/c1-4-5-6-7-20(10(2)3)14-12(16)8-11(15(18)19)9-13(14)17/h8-10H,4-7H2,1-3H3,(H3,18,19). The average Bonchev–Trinajstić information content (AvgIpc) is 2.35. The van der Waals surface area contributed by atoms with Gasteiger partial charge < -0.3 is 10.6 Å². The monoisotopic (exact) mass is 283 g/mol. The molecule has 0 aliphatic rings. The summed E-state index contributed by atoms with van der Waals surface area (Å²) in [7, 11) is 0. The first-order chi connectivity index (χ1) is 9.38. The molecule has 0 unspecified atom stereocenters. The van der Waals surface area contributed by atoms with Crippen molar-refractivity contribution in [1.29, 1.82) is 5.41 Å². The van der Waals surface area contributed by atoms with E-state index >= 15 is 0 Å². The number of rotatable bonds is 7. The van der Waals surface area contributed by atoms with Crippen LogP contribution in [-0.2, 0) is 0 Å². The number of anilines is 1. The van der Waals surface area contributed by atoms with E-state index < -0.39 is 11.6 Å². The van der Waals surface area contributed by atoms with Crippen LogP contribution < -0.4 is 10.6 Å². The number of halogens is 2. The molecule has 0 saturated heterocycles. The van der Waals surface area contributed by atoms with Crippen LogP contribution in [0.5, 0.6) is 0 Å². The van der Waals surface area contributed by atoms with Crippen molar-refractivity contribution in [2.24, 2.45) is 5.73 Å². The molecule has 0 aromatic heterocycles. The molecule has 1 aromatic rings. The highest BCUT2D eigenvalue weighted by Gasteiger charge is 2.20. The Balaban J connectivity index is 3.10. The summed E-state index contributed by atoms with van der Waals surface area (Å²) in [6.07, 6.45) is 2.97. The Bertz CT molecular complexity index is 449. The number of amidine groups is 1. The van der Waals surface area contributed by atoms with Crippen LogP contribution in [0.3, 0.4) is 0 Å². The molecule has 0 radical (unpaired) electrons. The molecule has 0 heterocycles. The topological polar surface area (TPSA) is 53.1 Å². The van der Waals surface area contributed by atoms with E-state index in [-0.39, 0.29) is 23.1 Å². The molecule has 5 heteroatoms. The lowest BCUT2D eigenvalue weighted by molar-refractivity contribution is 0.545. The van der Waals surface area contributed by atoms with Crippen LogP contribution in [0, 0.1) is 17.0 Å². The predicted molar refractivity (Wildman–Crippen MR) is 79.4 cm³/mol. The first-order valence-electron chi connectivity index (χ1n) is 6.98. The van der Waals surface area contributed by atoms with E-state index in [4.69, 9.17) is 11.1 Å². The third kappa shape index (κ3) is 3.92. The quantitative estimate of drug-likeness (QED) is 0.456. The largest absolute Gasteiger partial charge is 0.384 e. The van der Waals surface area contributed by atoms with Gasteiger partial charge in [-0.2, -0.15) is 0 Å². The van der Waals surface area contributed by atoms with Gasteiger partial charge in [0, 0.05) is 18.2 Å². The van der Waals surface area contributed by atoms with Gasteiger partial charge in [0.2, 0.25) is 0 Å². The van der Waals surface area contributed by atoms with Crippen molar-refractivity contribution in [3.8, 4) is 0 Å². The number of nitrogen functional groups attached to an aromatic ring is 1. The van der Waals surface area contributed by atoms with Gasteiger partial charge in [0.1, 0.15) is 23.2 Å². The highest BCUT2D eigenvalue weighted by Crippen LogP contribution is 2.27. The van der Waals surface area contributed by atoms with E-state index in [1.165, 1.54) is 0 Å². The fraction of sp³-hybridized carbons (Fsp3) is 0.533. The SMILES string of the molecule is CCCCCN(c1c(F)cc(C(=N)N)cc1F)C(C)C. The maximum Gasteiger partial charge on any atom is 0.150 e. The Labute approximate surface area is 119 Å². The lowest BCUT2D eigenvalue weighted by Crippen LogP contribution is -2.33. The van der Waals surface area contributed by atoms with Crippen LogP contribution >= 0.6 is 0 Å². The lowest BCUT2D eigenvalue weighted by atomic mass is 10.1. The number of nitrogens with two attached hydrogens (primary N) is 1. The molecule has 0 aliphatic heterocycles. The van der Waals surface area contributed by atoms with E-state index in [2.05, 4.69) is 6.92 Å². The van der Waals surface area contributed by atoms with Crippen molar-refractivity contribution in [1.82, 2.24) is 0 Å². The number of unbranched alkanes of at least 4 members (excludes halogenated alkanes) is 2.